The van der Waals surface area contributed by atoms with Gasteiger partial charge in [0.05, 0.1) is 7.11 Å². The molecule has 1 aliphatic heterocycles. The first-order valence-corrected chi connectivity index (χ1v) is 5.95. The van der Waals surface area contributed by atoms with Crippen LogP contribution in [0.4, 0.5) is 4.39 Å². The number of hydrogen-bond donors (Lipinski definition) is 0. The number of halogens is 3. The Morgan fingerprint density at radius 3 is 2.76 bits per heavy atom. The molecule has 0 aromatic heterocycles. The Bertz CT molecular complexity index is 496. The zero-order chi connectivity index (χ0) is 12.8. The van der Waals surface area contributed by atoms with E-state index in [1.165, 1.54) is 19.2 Å². The van der Waals surface area contributed by atoms with Crippen molar-refractivity contribution in [1.82, 2.24) is 0 Å². The number of carbonyl (C=O) groups is 1. The Morgan fingerprint density at radius 1 is 1.59 bits per heavy atom. The molecule has 0 N–H and O–H groups in total. The van der Waals surface area contributed by atoms with Crippen LogP contribution in [0.15, 0.2) is 22.7 Å². The summed E-state index contributed by atoms with van der Waals surface area (Å²) in [6, 6.07) is 4.46. The monoisotopic (exact) mass is 322 g/mol. The molecule has 2 atom stereocenters. The third-order valence-corrected chi connectivity index (χ3v) is 3.90. The molecule has 1 heterocycles. The number of benzene rings is 1. The maximum Gasteiger partial charge on any atom is 0.357 e. The second kappa shape index (κ2) is 3.93. The van der Waals surface area contributed by atoms with Gasteiger partial charge >= 0.3 is 5.97 Å². The van der Waals surface area contributed by atoms with Crippen LogP contribution in [0.2, 0.25) is 0 Å². The van der Waals surface area contributed by atoms with Crippen molar-refractivity contribution < 1.29 is 18.7 Å². The minimum Gasteiger partial charge on any atom is -0.466 e. The van der Waals surface area contributed by atoms with Crippen molar-refractivity contribution in [3.05, 3.63) is 34.1 Å². The van der Waals surface area contributed by atoms with Gasteiger partial charge in [0.15, 0.2) is 5.60 Å². The molecule has 0 spiro atoms. The maximum atomic E-state index is 13.8. The van der Waals surface area contributed by atoms with Crippen LogP contribution in [0, 0.1) is 5.82 Å². The summed E-state index contributed by atoms with van der Waals surface area (Å²) in [4.78, 5) is 11.5. The minimum absolute atomic E-state index is 0.223. The summed E-state index contributed by atoms with van der Waals surface area (Å²) in [5.41, 5.74) is -0.979. The van der Waals surface area contributed by atoms with E-state index < -0.39 is 22.4 Å². The van der Waals surface area contributed by atoms with Gasteiger partial charge in [-0.3, -0.25) is 0 Å². The Morgan fingerprint density at radius 2 is 2.24 bits per heavy atom. The van der Waals surface area contributed by atoms with Crippen LogP contribution in [0.1, 0.15) is 12.5 Å². The molecule has 0 saturated carbocycles. The van der Waals surface area contributed by atoms with E-state index in [4.69, 9.17) is 16.3 Å². The smallest absolute Gasteiger partial charge is 0.357 e. The third-order valence-electron chi connectivity index (χ3n) is 2.81. The largest absolute Gasteiger partial charge is 0.466 e. The van der Waals surface area contributed by atoms with Gasteiger partial charge in [0.1, 0.15) is 5.82 Å². The molecular formula is C11H9BrClFO3. The number of esters is 1. The van der Waals surface area contributed by atoms with E-state index >= 15 is 0 Å². The molecule has 0 radical (unpaired) electrons. The van der Waals surface area contributed by atoms with Gasteiger partial charge < -0.3 is 9.47 Å². The molecule has 1 saturated heterocycles. The lowest BCUT2D eigenvalue weighted by Gasteiger charge is -2.10. The van der Waals surface area contributed by atoms with Crippen LogP contribution in [0.3, 0.4) is 0 Å². The fourth-order valence-electron chi connectivity index (χ4n) is 1.73. The second-order valence-electron chi connectivity index (χ2n) is 3.85. The highest BCUT2D eigenvalue weighted by atomic mass is 79.9. The lowest BCUT2D eigenvalue weighted by atomic mass is 9.96. The lowest BCUT2D eigenvalue weighted by Crippen LogP contribution is -2.27. The summed E-state index contributed by atoms with van der Waals surface area (Å²) in [5, 5.41) is -1.64. The number of alkyl halides is 1. The number of rotatable bonds is 2. The summed E-state index contributed by atoms with van der Waals surface area (Å²) in [5.74, 6) is -1.22. The van der Waals surface area contributed by atoms with Gasteiger partial charge in [0.2, 0.25) is 0 Å². The van der Waals surface area contributed by atoms with Gasteiger partial charge in [0, 0.05) is 10.0 Å². The van der Waals surface area contributed by atoms with E-state index in [-0.39, 0.29) is 5.56 Å². The second-order valence-corrected chi connectivity index (χ2v) is 5.29. The van der Waals surface area contributed by atoms with Gasteiger partial charge in [-0.2, -0.15) is 0 Å². The van der Waals surface area contributed by atoms with E-state index in [1.807, 2.05) is 0 Å². The SMILES string of the molecule is COC(=O)C1(Cl)OC1(C)c1ccc(Br)cc1F. The normalized spacial score (nSPS) is 31.1. The molecule has 1 fully saturated rings. The van der Waals surface area contributed by atoms with Crippen LogP contribution >= 0.6 is 27.5 Å². The highest BCUT2D eigenvalue weighted by molar-refractivity contribution is 9.10. The Hall–Kier alpha value is -0.650. The molecule has 1 aliphatic rings. The molecule has 1 aromatic rings. The first-order chi connectivity index (χ1) is 7.85. The molecule has 0 amide bonds. The van der Waals surface area contributed by atoms with E-state index in [0.29, 0.717) is 4.47 Å². The van der Waals surface area contributed by atoms with Crippen molar-refractivity contribution in [2.24, 2.45) is 0 Å². The topological polar surface area (TPSA) is 38.8 Å². The van der Waals surface area contributed by atoms with Gasteiger partial charge in [0.25, 0.3) is 5.06 Å². The van der Waals surface area contributed by atoms with E-state index in [2.05, 4.69) is 20.7 Å². The number of carbonyl (C=O) groups excluding carboxylic acids is 1. The van der Waals surface area contributed by atoms with Crippen LogP contribution in [0.5, 0.6) is 0 Å². The van der Waals surface area contributed by atoms with Crippen LogP contribution < -0.4 is 0 Å². The maximum absolute atomic E-state index is 13.8. The molecule has 92 valence electrons. The molecule has 17 heavy (non-hydrogen) atoms. The van der Waals surface area contributed by atoms with Crippen LogP contribution in [-0.4, -0.2) is 18.1 Å². The summed E-state index contributed by atoms with van der Waals surface area (Å²) in [7, 11) is 1.20. The fraction of sp³-hybridized carbons (Fsp3) is 0.364. The average molecular weight is 324 g/mol. The fourth-order valence-corrected chi connectivity index (χ4v) is 2.39. The first-order valence-electron chi connectivity index (χ1n) is 4.78. The summed E-state index contributed by atoms with van der Waals surface area (Å²) < 4.78 is 24.1. The van der Waals surface area contributed by atoms with Crippen molar-refractivity contribution in [1.29, 1.82) is 0 Å². The summed E-state index contributed by atoms with van der Waals surface area (Å²) >= 11 is 9.12. The van der Waals surface area contributed by atoms with Gasteiger partial charge in [-0.1, -0.05) is 33.6 Å². The van der Waals surface area contributed by atoms with Crippen molar-refractivity contribution in [3.63, 3.8) is 0 Å². The predicted molar refractivity (Wildman–Crippen MR) is 63.1 cm³/mol. The molecule has 0 bridgehead atoms. The number of methoxy groups -OCH3 is 1. The van der Waals surface area contributed by atoms with Gasteiger partial charge in [-0.15, -0.1) is 0 Å². The van der Waals surface area contributed by atoms with E-state index in [9.17, 15) is 9.18 Å². The quantitative estimate of drug-likeness (QED) is 0.477. The van der Waals surface area contributed by atoms with Crippen molar-refractivity contribution >= 4 is 33.5 Å². The molecule has 2 unspecified atom stereocenters. The molecule has 0 aliphatic carbocycles. The Labute approximate surface area is 111 Å². The van der Waals surface area contributed by atoms with E-state index in [1.54, 1.807) is 13.0 Å². The minimum atomic E-state index is -1.64. The number of epoxide rings is 1. The van der Waals surface area contributed by atoms with Crippen molar-refractivity contribution in [2.75, 3.05) is 7.11 Å². The van der Waals surface area contributed by atoms with Gasteiger partial charge in [-0.05, 0) is 19.1 Å². The third kappa shape index (κ3) is 1.77. The number of hydrogen-bond acceptors (Lipinski definition) is 3. The van der Waals surface area contributed by atoms with Crippen molar-refractivity contribution in [2.45, 2.75) is 17.6 Å². The summed E-state index contributed by atoms with van der Waals surface area (Å²) in [6.07, 6.45) is 0. The van der Waals surface area contributed by atoms with Crippen LogP contribution in [0.25, 0.3) is 0 Å². The standard InChI is InChI=1S/C11H9BrClFO3/c1-10(11(13,17-10)9(15)16-2)7-4-3-6(12)5-8(7)14/h3-5H,1-2H3. The molecular weight excluding hydrogens is 314 g/mol. The molecule has 1 aromatic carbocycles. The molecule has 6 heteroatoms. The highest BCUT2D eigenvalue weighted by Crippen LogP contribution is 2.59. The zero-order valence-electron chi connectivity index (χ0n) is 9.09. The summed E-state index contributed by atoms with van der Waals surface area (Å²) in [6.45, 7) is 1.54. The predicted octanol–water partition coefficient (Wildman–Crippen LogP) is 2.94. The Balaban J connectivity index is 2.40. The van der Waals surface area contributed by atoms with E-state index in [0.717, 1.165) is 0 Å². The van der Waals surface area contributed by atoms with Crippen molar-refractivity contribution in [3.8, 4) is 0 Å². The van der Waals surface area contributed by atoms with Crippen LogP contribution in [-0.2, 0) is 19.9 Å². The average Bonchev–Trinajstić information content (AvgIpc) is 2.82. The lowest BCUT2D eigenvalue weighted by molar-refractivity contribution is -0.143. The molecule has 3 nitrogen and oxygen atoms in total. The van der Waals surface area contributed by atoms with Gasteiger partial charge in [-0.25, -0.2) is 9.18 Å². The molecule has 2 rings (SSSR count). The number of ether oxygens (including phenoxy) is 2. The Kier molecular flexibility index (Phi) is 2.96. The highest BCUT2D eigenvalue weighted by Gasteiger charge is 2.74. The first kappa shape index (κ1) is 12.8. The zero-order valence-corrected chi connectivity index (χ0v) is 11.4.